The number of unbranched alkanes of at least 4 members (excludes halogenated alkanes) is 2. The number of hydrogen-bond acceptors (Lipinski definition) is 5. The molecule has 20 heavy (non-hydrogen) atoms. The monoisotopic (exact) mass is 307 g/mol. The zero-order valence-electron chi connectivity index (χ0n) is 14.1. The second kappa shape index (κ2) is 11.8. The minimum absolute atomic E-state index is 0.448. The zero-order valence-corrected chi connectivity index (χ0v) is 15.0. The first-order valence-electron chi connectivity index (χ1n) is 7.57. The standard InChI is InChI=1S/C14H34N3O2P/c1-13(2)17(14(3)4)20(16(5)12-15)19-11-9-7-8-10-18-6/h13-14H,7-12,15H2,1-6H3. The fourth-order valence-electron chi connectivity index (χ4n) is 2.07. The molecule has 122 valence electrons. The number of hydrogen-bond donors (Lipinski definition) is 1. The van der Waals surface area contributed by atoms with Gasteiger partial charge in [-0.3, -0.25) is 0 Å². The van der Waals surface area contributed by atoms with Crippen LogP contribution in [0.2, 0.25) is 0 Å². The lowest BCUT2D eigenvalue weighted by Gasteiger charge is -2.40. The van der Waals surface area contributed by atoms with E-state index in [-0.39, 0.29) is 0 Å². The van der Waals surface area contributed by atoms with E-state index in [1.807, 2.05) is 7.05 Å². The average molecular weight is 307 g/mol. The molecule has 0 saturated heterocycles. The van der Waals surface area contributed by atoms with Crippen molar-refractivity contribution >= 4 is 8.45 Å². The highest BCUT2D eigenvalue weighted by molar-refractivity contribution is 7.47. The van der Waals surface area contributed by atoms with Gasteiger partial charge in [-0.2, -0.15) is 0 Å². The molecule has 0 aliphatic rings. The van der Waals surface area contributed by atoms with Gasteiger partial charge in [-0.1, -0.05) is 0 Å². The number of nitrogens with two attached hydrogens (primary N) is 1. The van der Waals surface area contributed by atoms with Gasteiger partial charge >= 0.3 is 0 Å². The van der Waals surface area contributed by atoms with Crippen molar-refractivity contribution in [2.45, 2.75) is 59.0 Å². The summed E-state index contributed by atoms with van der Waals surface area (Å²) in [5, 5.41) is 0. The topological polar surface area (TPSA) is 51.0 Å². The molecular weight excluding hydrogens is 273 g/mol. The van der Waals surface area contributed by atoms with Crippen LogP contribution in [0.3, 0.4) is 0 Å². The maximum atomic E-state index is 6.16. The first kappa shape index (κ1) is 20.2. The molecule has 0 bridgehead atoms. The summed E-state index contributed by atoms with van der Waals surface area (Å²) in [5.41, 5.74) is 5.80. The maximum absolute atomic E-state index is 6.16. The lowest BCUT2D eigenvalue weighted by atomic mass is 10.2. The van der Waals surface area contributed by atoms with Gasteiger partial charge in [-0.05, 0) is 54.0 Å². The van der Waals surface area contributed by atoms with Crippen LogP contribution in [0, 0.1) is 0 Å². The van der Waals surface area contributed by atoms with E-state index in [0.717, 1.165) is 32.5 Å². The highest BCUT2D eigenvalue weighted by Crippen LogP contribution is 2.46. The highest BCUT2D eigenvalue weighted by Gasteiger charge is 2.28. The third-order valence-electron chi connectivity index (χ3n) is 3.01. The van der Waals surface area contributed by atoms with Crippen molar-refractivity contribution in [2.75, 3.05) is 34.0 Å². The van der Waals surface area contributed by atoms with Crippen LogP contribution in [0.4, 0.5) is 0 Å². The van der Waals surface area contributed by atoms with Crippen LogP contribution in [0.15, 0.2) is 0 Å². The third kappa shape index (κ3) is 7.87. The van der Waals surface area contributed by atoms with Gasteiger partial charge in [0.1, 0.15) is 0 Å². The molecule has 0 spiro atoms. The zero-order chi connectivity index (χ0) is 15.5. The summed E-state index contributed by atoms with van der Waals surface area (Å²) < 4.78 is 15.7. The van der Waals surface area contributed by atoms with Crippen LogP contribution in [0.25, 0.3) is 0 Å². The Bertz CT molecular complexity index is 222. The summed E-state index contributed by atoms with van der Waals surface area (Å²) in [7, 11) is 3.00. The summed E-state index contributed by atoms with van der Waals surface area (Å²) in [6.07, 6.45) is 3.32. The maximum Gasteiger partial charge on any atom is 0.189 e. The van der Waals surface area contributed by atoms with Crippen LogP contribution < -0.4 is 5.73 Å². The molecule has 0 amide bonds. The second-order valence-electron chi connectivity index (χ2n) is 5.55. The van der Waals surface area contributed by atoms with Gasteiger partial charge < -0.3 is 15.0 Å². The third-order valence-corrected chi connectivity index (χ3v) is 5.49. The molecule has 1 unspecified atom stereocenters. The minimum Gasteiger partial charge on any atom is -0.385 e. The summed E-state index contributed by atoms with van der Waals surface area (Å²) >= 11 is 0. The molecule has 0 rings (SSSR count). The van der Waals surface area contributed by atoms with Gasteiger partial charge in [0.2, 0.25) is 0 Å². The van der Waals surface area contributed by atoms with Crippen molar-refractivity contribution in [3.8, 4) is 0 Å². The van der Waals surface area contributed by atoms with Crippen LogP contribution in [-0.2, 0) is 9.26 Å². The van der Waals surface area contributed by atoms with E-state index in [2.05, 4.69) is 37.0 Å². The minimum atomic E-state index is -0.778. The molecule has 0 aliphatic carbocycles. The van der Waals surface area contributed by atoms with Crippen LogP contribution in [0.1, 0.15) is 47.0 Å². The largest absolute Gasteiger partial charge is 0.385 e. The van der Waals surface area contributed by atoms with Gasteiger partial charge in [0.05, 0.1) is 13.3 Å². The molecule has 0 aromatic rings. The lowest BCUT2D eigenvalue weighted by molar-refractivity contribution is 0.186. The van der Waals surface area contributed by atoms with Crippen LogP contribution in [-0.4, -0.2) is 55.5 Å². The van der Waals surface area contributed by atoms with Crippen molar-refractivity contribution in [3.05, 3.63) is 0 Å². The Morgan fingerprint density at radius 3 is 2.00 bits per heavy atom. The molecule has 2 N–H and O–H groups in total. The van der Waals surface area contributed by atoms with E-state index in [4.69, 9.17) is 15.0 Å². The molecule has 0 radical (unpaired) electrons. The Kier molecular flexibility index (Phi) is 12.0. The summed E-state index contributed by atoms with van der Waals surface area (Å²) in [6.45, 7) is 11.0. The smallest absolute Gasteiger partial charge is 0.189 e. The quantitative estimate of drug-likeness (QED) is 0.341. The molecule has 0 aliphatic heterocycles. The van der Waals surface area contributed by atoms with Crippen molar-refractivity contribution in [3.63, 3.8) is 0 Å². The Balaban J connectivity index is 4.34. The Morgan fingerprint density at radius 2 is 1.55 bits per heavy atom. The summed E-state index contributed by atoms with van der Waals surface area (Å²) in [4.78, 5) is 0. The van der Waals surface area contributed by atoms with E-state index in [1.165, 1.54) is 0 Å². The average Bonchev–Trinajstić information content (AvgIpc) is 2.39. The van der Waals surface area contributed by atoms with Crippen molar-refractivity contribution in [1.29, 1.82) is 0 Å². The molecule has 0 aromatic heterocycles. The van der Waals surface area contributed by atoms with Crippen molar-refractivity contribution in [1.82, 2.24) is 9.34 Å². The van der Waals surface area contributed by atoms with E-state index >= 15 is 0 Å². The fraction of sp³-hybridized carbons (Fsp3) is 1.00. The van der Waals surface area contributed by atoms with Crippen LogP contribution >= 0.6 is 8.45 Å². The summed E-state index contributed by atoms with van der Waals surface area (Å²) in [6, 6.07) is 0.896. The van der Waals surface area contributed by atoms with Gasteiger partial charge in [-0.25, -0.2) is 9.34 Å². The molecule has 0 fully saturated rings. The van der Waals surface area contributed by atoms with Gasteiger partial charge in [0.25, 0.3) is 0 Å². The molecule has 0 saturated carbocycles. The number of ether oxygens (including phenoxy) is 1. The van der Waals surface area contributed by atoms with Gasteiger partial charge in [0, 0.05) is 25.8 Å². The highest BCUT2D eigenvalue weighted by atomic mass is 31.2. The molecule has 1 atom stereocenters. The number of rotatable bonds is 12. The molecule has 6 heteroatoms. The summed E-state index contributed by atoms with van der Waals surface area (Å²) in [5.74, 6) is 0. The predicted octanol–water partition coefficient (Wildman–Crippen LogP) is 3.01. The number of methoxy groups -OCH3 is 1. The van der Waals surface area contributed by atoms with E-state index < -0.39 is 8.45 Å². The Labute approximate surface area is 126 Å². The van der Waals surface area contributed by atoms with Crippen molar-refractivity contribution in [2.24, 2.45) is 5.73 Å². The fourth-order valence-corrected chi connectivity index (χ4v) is 3.98. The van der Waals surface area contributed by atoms with Crippen molar-refractivity contribution < 1.29 is 9.26 Å². The van der Waals surface area contributed by atoms with E-state index in [0.29, 0.717) is 18.8 Å². The molecule has 5 nitrogen and oxygen atoms in total. The number of nitrogens with zero attached hydrogens (tertiary/aromatic N) is 2. The predicted molar refractivity (Wildman–Crippen MR) is 87.5 cm³/mol. The SMILES string of the molecule is COCCCCCOP(N(C)CN)N(C(C)C)C(C)C. The molecular formula is C14H34N3O2P. The Hall–Kier alpha value is 0.230. The van der Waals surface area contributed by atoms with Gasteiger partial charge in [-0.15, -0.1) is 0 Å². The molecule has 0 aromatic carbocycles. The second-order valence-corrected chi connectivity index (χ2v) is 7.46. The van der Waals surface area contributed by atoms with E-state index in [1.54, 1.807) is 7.11 Å². The Morgan fingerprint density at radius 1 is 1.00 bits per heavy atom. The first-order valence-corrected chi connectivity index (χ1v) is 8.73. The normalized spacial score (nSPS) is 13.9. The molecule has 0 heterocycles. The van der Waals surface area contributed by atoms with Crippen LogP contribution in [0.5, 0.6) is 0 Å². The first-order chi connectivity index (χ1) is 9.45. The van der Waals surface area contributed by atoms with E-state index in [9.17, 15) is 0 Å². The lowest BCUT2D eigenvalue weighted by Crippen LogP contribution is -2.39. The van der Waals surface area contributed by atoms with Gasteiger partial charge in [0.15, 0.2) is 8.45 Å².